The van der Waals surface area contributed by atoms with Gasteiger partial charge in [-0.05, 0) is 35.4 Å². The molecule has 1 spiro atoms. The number of fused-ring (bicyclic) bond motifs is 1. The molecule has 2 aromatic rings. The fraction of sp³-hybridized carbons (Fsp3) is 0.318. The Morgan fingerprint density at radius 2 is 1.94 bits per heavy atom. The molecule has 0 radical (unpaired) electrons. The van der Waals surface area contributed by atoms with Crippen LogP contribution in [0.25, 0.3) is 0 Å². The highest BCUT2D eigenvalue weighted by atomic mass is 16.2. The molecular weight excluding hydrogens is 412 g/mol. The number of pyridine rings is 1. The Morgan fingerprint density at radius 3 is 2.66 bits per heavy atom. The summed E-state index contributed by atoms with van der Waals surface area (Å²) < 4.78 is 0. The summed E-state index contributed by atoms with van der Waals surface area (Å²) in [4.78, 5) is 58.2. The summed E-state index contributed by atoms with van der Waals surface area (Å²) >= 11 is 0. The summed E-state index contributed by atoms with van der Waals surface area (Å²) in [6.45, 7) is 0.839. The summed E-state index contributed by atoms with van der Waals surface area (Å²) in [6, 6.07) is 10.2. The van der Waals surface area contributed by atoms with Gasteiger partial charge in [-0.15, -0.1) is 0 Å². The van der Waals surface area contributed by atoms with Crippen molar-refractivity contribution in [3.8, 4) is 0 Å². The van der Waals surface area contributed by atoms with Gasteiger partial charge in [-0.25, -0.2) is 14.6 Å². The van der Waals surface area contributed by atoms with E-state index >= 15 is 0 Å². The number of carbonyl (C=O) groups excluding carboxylic acids is 4. The molecule has 3 heterocycles. The Bertz CT molecular complexity index is 1140. The summed E-state index contributed by atoms with van der Waals surface area (Å²) in [6.07, 6.45) is 2.46. The molecule has 1 aromatic heterocycles. The molecule has 1 aliphatic carbocycles. The number of imide groups is 1. The first-order chi connectivity index (χ1) is 15.4. The molecule has 0 saturated carbocycles. The SMILES string of the molecule is CN1C(=O)NC(=O)C12Cc1ccc(NC(=O)CN3CCN(c4ccccn4)C3=O)cc1C2. The van der Waals surface area contributed by atoms with Crippen molar-refractivity contribution in [2.75, 3.05) is 36.9 Å². The monoisotopic (exact) mass is 434 g/mol. The van der Waals surface area contributed by atoms with E-state index in [9.17, 15) is 19.2 Å². The molecule has 2 saturated heterocycles. The van der Waals surface area contributed by atoms with Crippen molar-refractivity contribution < 1.29 is 19.2 Å². The van der Waals surface area contributed by atoms with Crippen molar-refractivity contribution >= 4 is 35.4 Å². The van der Waals surface area contributed by atoms with Gasteiger partial charge in [0.2, 0.25) is 5.91 Å². The van der Waals surface area contributed by atoms with Gasteiger partial charge < -0.3 is 15.1 Å². The maximum Gasteiger partial charge on any atom is 0.326 e. The van der Waals surface area contributed by atoms with E-state index in [0.29, 0.717) is 37.4 Å². The number of aromatic nitrogens is 1. The molecule has 2 N–H and O–H groups in total. The molecule has 5 rings (SSSR count). The van der Waals surface area contributed by atoms with Gasteiger partial charge >= 0.3 is 12.1 Å². The van der Waals surface area contributed by atoms with Crippen LogP contribution in [-0.2, 0) is 22.4 Å². The van der Waals surface area contributed by atoms with Crippen molar-refractivity contribution in [2.24, 2.45) is 0 Å². The van der Waals surface area contributed by atoms with Crippen molar-refractivity contribution in [3.05, 3.63) is 53.7 Å². The van der Waals surface area contributed by atoms with Crippen LogP contribution in [-0.4, -0.2) is 70.9 Å². The maximum absolute atomic E-state index is 12.6. The molecule has 6 amide bonds. The summed E-state index contributed by atoms with van der Waals surface area (Å²) in [5.74, 6) is -0.0380. The third kappa shape index (κ3) is 3.15. The summed E-state index contributed by atoms with van der Waals surface area (Å²) in [7, 11) is 1.62. The predicted octanol–water partition coefficient (Wildman–Crippen LogP) is 0.981. The first-order valence-electron chi connectivity index (χ1n) is 10.4. The minimum atomic E-state index is -0.904. The van der Waals surface area contributed by atoms with Gasteiger partial charge in [0, 0.05) is 44.9 Å². The topological polar surface area (TPSA) is 115 Å². The highest BCUT2D eigenvalue weighted by Gasteiger charge is 2.54. The Hall–Kier alpha value is -3.95. The molecule has 3 aliphatic rings. The van der Waals surface area contributed by atoms with Crippen molar-refractivity contribution in [2.45, 2.75) is 18.4 Å². The first kappa shape index (κ1) is 20.0. The number of anilines is 2. The Labute approximate surface area is 184 Å². The maximum atomic E-state index is 12.6. The van der Waals surface area contributed by atoms with Crippen LogP contribution < -0.4 is 15.5 Å². The number of likely N-dealkylation sites (N-methyl/N-ethyl adjacent to an activating group) is 1. The molecule has 1 unspecified atom stereocenters. The molecule has 164 valence electrons. The van der Waals surface area contributed by atoms with E-state index in [2.05, 4.69) is 15.6 Å². The van der Waals surface area contributed by atoms with E-state index in [4.69, 9.17) is 0 Å². The highest BCUT2D eigenvalue weighted by Crippen LogP contribution is 2.38. The molecule has 32 heavy (non-hydrogen) atoms. The van der Waals surface area contributed by atoms with Crippen LogP contribution in [0.3, 0.4) is 0 Å². The average Bonchev–Trinajstić information content (AvgIpc) is 3.40. The Kier molecular flexibility index (Phi) is 4.58. The lowest BCUT2D eigenvalue weighted by Gasteiger charge is -2.27. The van der Waals surface area contributed by atoms with Crippen molar-refractivity contribution in [1.29, 1.82) is 0 Å². The second-order valence-corrected chi connectivity index (χ2v) is 8.28. The van der Waals surface area contributed by atoms with E-state index in [1.807, 2.05) is 18.2 Å². The van der Waals surface area contributed by atoms with Crippen LogP contribution in [0.5, 0.6) is 0 Å². The van der Waals surface area contributed by atoms with Crippen molar-refractivity contribution in [3.63, 3.8) is 0 Å². The number of amides is 6. The Balaban J connectivity index is 1.24. The van der Waals surface area contributed by atoms with E-state index < -0.39 is 11.6 Å². The van der Waals surface area contributed by atoms with E-state index in [0.717, 1.165) is 11.1 Å². The van der Waals surface area contributed by atoms with E-state index in [1.54, 1.807) is 36.3 Å². The second-order valence-electron chi connectivity index (χ2n) is 8.28. The molecule has 1 aromatic carbocycles. The van der Waals surface area contributed by atoms with Gasteiger partial charge in [-0.2, -0.15) is 0 Å². The lowest BCUT2D eigenvalue weighted by atomic mass is 9.95. The third-order valence-corrected chi connectivity index (χ3v) is 6.40. The largest absolute Gasteiger partial charge is 0.326 e. The van der Waals surface area contributed by atoms with Crippen LogP contribution in [0.4, 0.5) is 21.1 Å². The van der Waals surface area contributed by atoms with Crippen LogP contribution in [0.2, 0.25) is 0 Å². The highest BCUT2D eigenvalue weighted by molar-refractivity contribution is 6.07. The smallest absolute Gasteiger partial charge is 0.325 e. The number of nitrogens with one attached hydrogen (secondary N) is 2. The normalized spacial score (nSPS) is 22.0. The number of hydrogen-bond donors (Lipinski definition) is 2. The Morgan fingerprint density at radius 1 is 1.12 bits per heavy atom. The zero-order valence-electron chi connectivity index (χ0n) is 17.5. The molecule has 1 atom stereocenters. The van der Waals surface area contributed by atoms with Crippen LogP contribution in [0.15, 0.2) is 42.6 Å². The zero-order chi connectivity index (χ0) is 22.5. The minimum Gasteiger partial charge on any atom is -0.325 e. The van der Waals surface area contributed by atoms with Gasteiger partial charge in [0.15, 0.2) is 0 Å². The fourth-order valence-corrected chi connectivity index (χ4v) is 4.60. The van der Waals surface area contributed by atoms with Gasteiger partial charge in [0.25, 0.3) is 5.91 Å². The van der Waals surface area contributed by atoms with Crippen LogP contribution >= 0.6 is 0 Å². The lowest BCUT2D eigenvalue weighted by Crippen LogP contribution is -2.48. The molecule has 10 nitrogen and oxygen atoms in total. The number of nitrogens with zero attached hydrogens (tertiary/aromatic N) is 4. The lowest BCUT2D eigenvalue weighted by molar-refractivity contribution is -0.125. The number of hydrogen-bond acceptors (Lipinski definition) is 5. The quantitative estimate of drug-likeness (QED) is 0.697. The fourth-order valence-electron chi connectivity index (χ4n) is 4.60. The predicted molar refractivity (Wildman–Crippen MR) is 115 cm³/mol. The number of rotatable bonds is 4. The van der Waals surface area contributed by atoms with Gasteiger partial charge in [0.1, 0.15) is 17.9 Å². The minimum absolute atomic E-state index is 0.0666. The summed E-state index contributed by atoms with van der Waals surface area (Å²) in [5, 5.41) is 5.21. The third-order valence-electron chi connectivity index (χ3n) is 6.40. The molecule has 2 fully saturated rings. The number of urea groups is 2. The van der Waals surface area contributed by atoms with Gasteiger partial charge in [-0.1, -0.05) is 12.1 Å². The van der Waals surface area contributed by atoms with Crippen LogP contribution in [0, 0.1) is 0 Å². The first-order valence-corrected chi connectivity index (χ1v) is 10.4. The number of benzene rings is 1. The molecular formula is C22H22N6O4. The number of carbonyl (C=O) groups is 4. The molecule has 10 heteroatoms. The van der Waals surface area contributed by atoms with Gasteiger partial charge in [0.05, 0.1) is 0 Å². The molecule has 0 bridgehead atoms. The van der Waals surface area contributed by atoms with E-state index in [1.165, 1.54) is 9.80 Å². The van der Waals surface area contributed by atoms with Gasteiger partial charge in [-0.3, -0.25) is 19.8 Å². The zero-order valence-corrected chi connectivity index (χ0v) is 17.5. The average molecular weight is 434 g/mol. The second kappa shape index (κ2) is 7.33. The summed E-state index contributed by atoms with van der Waals surface area (Å²) in [5.41, 5.74) is 1.57. The van der Waals surface area contributed by atoms with Crippen LogP contribution in [0.1, 0.15) is 11.1 Å². The van der Waals surface area contributed by atoms with Crippen molar-refractivity contribution in [1.82, 2.24) is 20.1 Å². The standard InChI is InChI=1S/C22H22N6O4/c1-26-20(31)25-19(30)22(26)11-14-5-6-16(10-15(14)12-22)24-18(29)13-27-8-9-28(21(27)32)17-4-2-3-7-23-17/h2-7,10H,8-9,11-13H2,1H3,(H,24,29)(H,25,30,31). The molecule has 2 aliphatic heterocycles. The van der Waals surface area contributed by atoms with E-state index in [-0.39, 0.29) is 24.4 Å².